The number of nitrogens with one attached hydrogen (secondary N) is 1. The van der Waals surface area contributed by atoms with Crippen LogP contribution in [0.5, 0.6) is 0 Å². The molecule has 2 unspecified atom stereocenters. The summed E-state index contributed by atoms with van der Waals surface area (Å²) in [6, 6.07) is 5.20. The summed E-state index contributed by atoms with van der Waals surface area (Å²) in [7, 11) is 0. The Labute approximate surface area is 108 Å². The van der Waals surface area contributed by atoms with Gasteiger partial charge in [-0.25, -0.2) is 9.59 Å². The molecule has 2 heterocycles. The molecule has 0 radical (unpaired) electrons. The van der Waals surface area contributed by atoms with Gasteiger partial charge in [0.05, 0.1) is 12.1 Å². The zero-order chi connectivity index (χ0) is 13.6. The SMILES string of the molecule is CCOC(=O)C1OC1(C)c1ccc2oc(=O)[nH]c2c1. The lowest BCUT2D eigenvalue weighted by atomic mass is 9.97. The van der Waals surface area contributed by atoms with Crippen LogP contribution in [0.4, 0.5) is 0 Å². The molecule has 0 amide bonds. The van der Waals surface area contributed by atoms with Crippen LogP contribution in [0, 0.1) is 0 Å². The molecule has 1 N–H and O–H groups in total. The first kappa shape index (κ1) is 12.0. The number of H-pyrrole nitrogens is 1. The van der Waals surface area contributed by atoms with Crippen molar-refractivity contribution in [3.63, 3.8) is 0 Å². The molecule has 6 heteroatoms. The Morgan fingerprint density at radius 1 is 1.53 bits per heavy atom. The Kier molecular flexibility index (Phi) is 2.50. The molecule has 100 valence electrons. The molecule has 1 aliphatic rings. The third-order valence-corrected chi connectivity index (χ3v) is 3.30. The predicted octanol–water partition coefficient (Wildman–Crippen LogP) is 1.30. The molecule has 0 bridgehead atoms. The molecule has 1 saturated heterocycles. The number of carbonyl (C=O) groups excluding carboxylic acids is 1. The van der Waals surface area contributed by atoms with Gasteiger partial charge in [-0.3, -0.25) is 4.98 Å². The number of epoxide rings is 1. The van der Waals surface area contributed by atoms with Crippen molar-refractivity contribution in [2.75, 3.05) is 6.61 Å². The van der Waals surface area contributed by atoms with Crippen molar-refractivity contribution in [3.05, 3.63) is 34.3 Å². The molecule has 0 spiro atoms. The van der Waals surface area contributed by atoms with E-state index in [9.17, 15) is 9.59 Å². The highest BCUT2D eigenvalue weighted by molar-refractivity contribution is 5.81. The standard InChI is InChI=1S/C13H13NO5/c1-3-17-11(15)10-13(2,19-10)7-4-5-9-8(6-7)14-12(16)18-9/h4-6,10H,3H2,1-2H3,(H,14,16). The number of carbonyl (C=O) groups is 1. The summed E-state index contributed by atoms with van der Waals surface area (Å²) < 4.78 is 15.3. The Balaban J connectivity index is 1.92. The lowest BCUT2D eigenvalue weighted by molar-refractivity contribution is -0.144. The first-order chi connectivity index (χ1) is 9.04. The van der Waals surface area contributed by atoms with Gasteiger partial charge in [0.2, 0.25) is 0 Å². The first-order valence-electron chi connectivity index (χ1n) is 6.02. The van der Waals surface area contributed by atoms with E-state index in [1.54, 1.807) is 25.1 Å². The maximum Gasteiger partial charge on any atom is 0.417 e. The van der Waals surface area contributed by atoms with E-state index >= 15 is 0 Å². The number of hydrogen-bond acceptors (Lipinski definition) is 5. The fraction of sp³-hybridized carbons (Fsp3) is 0.385. The third kappa shape index (κ3) is 1.84. The van der Waals surface area contributed by atoms with E-state index in [-0.39, 0.29) is 5.97 Å². The number of aromatic amines is 1. The largest absolute Gasteiger partial charge is 0.464 e. The van der Waals surface area contributed by atoms with Crippen molar-refractivity contribution in [2.24, 2.45) is 0 Å². The van der Waals surface area contributed by atoms with Crippen molar-refractivity contribution >= 4 is 17.1 Å². The summed E-state index contributed by atoms with van der Waals surface area (Å²) in [6.07, 6.45) is -0.594. The molecule has 3 rings (SSSR count). The van der Waals surface area contributed by atoms with Gasteiger partial charge in [-0.05, 0) is 31.5 Å². The van der Waals surface area contributed by atoms with E-state index in [2.05, 4.69) is 4.98 Å². The van der Waals surface area contributed by atoms with Crippen LogP contribution in [0.2, 0.25) is 0 Å². The highest BCUT2D eigenvalue weighted by Gasteiger charge is 2.59. The molecule has 2 aromatic rings. The lowest BCUT2D eigenvalue weighted by Gasteiger charge is -2.06. The van der Waals surface area contributed by atoms with Crippen LogP contribution in [0.1, 0.15) is 19.4 Å². The number of fused-ring (bicyclic) bond motifs is 1. The molecule has 6 nitrogen and oxygen atoms in total. The minimum absolute atomic E-state index is 0.322. The highest BCUT2D eigenvalue weighted by Crippen LogP contribution is 2.46. The minimum Gasteiger partial charge on any atom is -0.464 e. The number of hydrogen-bond donors (Lipinski definition) is 1. The maximum atomic E-state index is 11.6. The van der Waals surface area contributed by atoms with Crippen LogP contribution < -0.4 is 5.76 Å². The molecular formula is C13H13NO5. The summed E-state index contributed by atoms with van der Waals surface area (Å²) >= 11 is 0. The Bertz CT molecular complexity index is 700. The van der Waals surface area contributed by atoms with E-state index in [0.717, 1.165) is 5.56 Å². The summed E-state index contributed by atoms with van der Waals surface area (Å²) in [5, 5.41) is 0. The topological polar surface area (TPSA) is 84.8 Å². The van der Waals surface area contributed by atoms with Crippen molar-refractivity contribution in [1.82, 2.24) is 4.98 Å². The van der Waals surface area contributed by atoms with Gasteiger partial charge in [-0.2, -0.15) is 0 Å². The minimum atomic E-state index is -0.700. The van der Waals surface area contributed by atoms with Gasteiger partial charge in [0.1, 0.15) is 5.60 Å². The van der Waals surface area contributed by atoms with Crippen molar-refractivity contribution in [3.8, 4) is 0 Å². The van der Waals surface area contributed by atoms with Crippen LogP contribution in [0.15, 0.2) is 27.4 Å². The molecule has 1 fully saturated rings. The number of ether oxygens (including phenoxy) is 2. The van der Waals surface area contributed by atoms with Crippen molar-refractivity contribution in [2.45, 2.75) is 25.6 Å². The van der Waals surface area contributed by atoms with Crippen LogP contribution in [0.3, 0.4) is 0 Å². The average molecular weight is 263 g/mol. The van der Waals surface area contributed by atoms with Crippen LogP contribution >= 0.6 is 0 Å². The summed E-state index contributed by atoms with van der Waals surface area (Å²) in [5.74, 6) is -0.873. The van der Waals surface area contributed by atoms with Crippen LogP contribution in [-0.4, -0.2) is 23.7 Å². The van der Waals surface area contributed by atoms with E-state index in [0.29, 0.717) is 17.7 Å². The predicted molar refractivity (Wildman–Crippen MR) is 65.7 cm³/mol. The Hall–Kier alpha value is -2.08. The molecular weight excluding hydrogens is 250 g/mol. The maximum absolute atomic E-state index is 11.6. The van der Waals surface area contributed by atoms with E-state index in [1.165, 1.54) is 0 Å². The summed E-state index contributed by atoms with van der Waals surface area (Å²) in [6.45, 7) is 3.89. The summed E-state index contributed by atoms with van der Waals surface area (Å²) in [5.41, 5.74) is 1.16. The average Bonchev–Trinajstić information content (AvgIpc) is 2.92. The van der Waals surface area contributed by atoms with Gasteiger partial charge in [-0.1, -0.05) is 6.07 Å². The monoisotopic (exact) mass is 263 g/mol. The van der Waals surface area contributed by atoms with Gasteiger partial charge < -0.3 is 13.9 Å². The smallest absolute Gasteiger partial charge is 0.417 e. The molecule has 19 heavy (non-hydrogen) atoms. The van der Waals surface area contributed by atoms with Crippen LogP contribution in [0.25, 0.3) is 11.1 Å². The van der Waals surface area contributed by atoms with Gasteiger partial charge >= 0.3 is 11.7 Å². The number of aromatic nitrogens is 1. The quantitative estimate of drug-likeness (QED) is 0.666. The number of oxazole rings is 1. The number of benzene rings is 1. The van der Waals surface area contributed by atoms with E-state index in [4.69, 9.17) is 13.9 Å². The molecule has 1 aliphatic heterocycles. The van der Waals surface area contributed by atoms with Crippen molar-refractivity contribution in [1.29, 1.82) is 0 Å². The normalized spacial score (nSPS) is 25.5. The Morgan fingerprint density at radius 2 is 2.32 bits per heavy atom. The second-order valence-corrected chi connectivity index (χ2v) is 4.58. The van der Waals surface area contributed by atoms with Gasteiger partial charge in [0, 0.05) is 0 Å². The second kappa shape index (κ2) is 3.96. The van der Waals surface area contributed by atoms with E-state index in [1.807, 2.05) is 6.92 Å². The fourth-order valence-corrected chi connectivity index (χ4v) is 2.18. The second-order valence-electron chi connectivity index (χ2n) is 4.58. The highest BCUT2D eigenvalue weighted by atomic mass is 16.7. The fourth-order valence-electron chi connectivity index (χ4n) is 2.18. The van der Waals surface area contributed by atoms with Crippen molar-refractivity contribution < 1.29 is 18.7 Å². The zero-order valence-electron chi connectivity index (χ0n) is 10.6. The zero-order valence-corrected chi connectivity index (χ0v) is 10.6. The molecule has 2 atom stereocenters. The summed E-state index contributed by atoms with van der Waals surface area (Å²) in [4.78, 5) is 25.3. The van der Waals surface area contributed by atoms with Crippen LogP contribution in [-0.2, 0) is 19.9 Å². The Morgan fingerprint density at radius 3 is 3.05 bits per heavy atom. The molecule has 0 saturated carbocycles. The van der Waals surface area contributed by atoms with Gasteiger partial charge in [0.15, 0.2) is 11.7 Å². The van der Waals surface area contributed by atoms with E-state index < -0.39 is 17.5 Å². The van der Waals surface area contributed by atoms with Gasteiger partial charge in [-0.15, -0.1) is 0 Å². The third-order valence-electron chi connectivity index (χ3n) is 3.30. The first-order valence-corrected chi connectivity index (χ1v) is 6.02. The molecule has 0 aliphatic carbocycles. The molecule has 1 aromatic heterocycles. The number of esters is 1. The molecule has 1 aromatic carbocycles. The van der Waals surface area contributed by atoms with Gasteiger partial charge in [0.25, 0.3) is 0 Å². The number of rotatable bonds is 3. The lowest BCUT2D eigenvalue weighted by Crippen LogP contribution is -2.18.